The lowest BCUT2D eigenvalue weighted by Gasteiger charge is -2.35. The molecule has 1 saturated heterocycles. The molecule has 0 spiro atoms. The number of carbonyl (C=O) groups excluding carboxylic acids is 1. The Balaban J connectivity index is 1.31. The van der Waals surface area contributed by atoms with Crippen molar-refractivity contribution in [1.29, 1.82) is 0 Å². The van der Waals surface area contributed by atoms with Crippen LogP contribution in [0, 0.1) is 0 Å². The van der Waals surface area contributed by atoms with Crippen molar-refractivity contribution >= 4 is 5.91 Å². The molecule has 1 aliphatic heterocycles. The zero-order valence-electron chi connectivity index (χ0n) is 18.5. The van der Waals surface area contributed by atoms with Crippen LogP contribution in [0.3, 0.4) is 0 Å². The molecule has 31 heavy (non-hydrogen) atoms. The average Bonchev–Trinajstić information content (AvgIpc) is 3.26. The molecule has 2 heterocycles. The summed E-state index contributed by atoms with van der Waals surface area (Å²) in [6.07, 6.45) is 7.08. The summed E-state index contributed by atoms with van der Waals surface area (Å²) < 4.78 is 11.9. The van der Waals surface area contributed by atoms with Crippen molar-refractivity contribution in [2.45, 2.75) is 70.9 Å². The summed E-state index contributed by atoms with van der Waals surface area (Å²) >= 11 is 0. The van der Waals surface area contributed by atoms with Crippen LogP contribution in [0.15, 0.2) is 42.6 Å². The minimum absolute atomic E-state index is 0.0872. The molecule has 4 rings (SSSR count). The molecule has 0 bridgehead atoms. The third-order valence-corrected chi connectivity index (χ3v) is 5.99. The number of nitrogens with zero attached hydrogens (tertiary/aromatic N) is 2. The van der Waals surface area contributed by atoms with Crippen LogP contribution >= 0.6 is 0 Å². The highest BCUT2D eigenvalue weighted by Crippen LogP contribution is 2.25. The number of amides is 1. The lowest BCUT2D eigenvalue weighted by molar-refractivity contribution is -0.0704. The Morgan fingerprint density at radius 1 is 1.13 bits per heavy atom. The van der Waals surface area contributed by atoms with Crippen molar-refractivity contribution in [2.75, 3.05) is 13.1 Å². The predicted octanol–water partition coefficient (Wildman–Crippen LogP) is 3.94. The molecule has 2 unspecified atom stereocenters. The maximum atomic E-state index is 12.7. The maximum Gasteiger partial charge on any atom is 0.251 e. The minimum atomic E-state index is -0.0872. The Hall–Kier alpha value is -2.44. The van der Waals surface area contributed by atoms with E-state index in [1.165, 1.54) is 18.4 Å². The Morgan fingerprint density at radius 3 is 2.55 bits per heavy atom. The first-order valence-corrected chi connectivity index (χ1v) is 11.4. The smallest absolute Gasteiger partial charge is 0.251 e. The summed E-state index contributed by atoms with van der Waals surface area (Å²) in [4.78, 5) is 19.5. The molecule has 6 heteroatoms. The van der Waals surface area contributed by atoms with Crippen molar-refractivity contribution < 1.29 is 14.3 Å². The summed E-state index contributed by atoms with van der Waals surface area (Å²) in [5.41, 5.74) is 2.78. The van der Waals surface area contributed by atoms with E-state index in [2.05, 4.69) is 29.0 Å². The topological polar surface area (TPSA) is 63.7 Å². The highest BCUT2D eigenvalue weighted by molar-refractivity contribution is 5.94. The number of nitrogens with one attached hydrogen (secondary N) is 1. The Kier molecular flexibility index (Phi) is 7.20. The fourth-order valence-corrected chi connectivity index (χ4v) is 4.54. The van der Waals surface area contributed by atoms with Gasteiger partial charge >= 0.3 is 0 Å². The van der Waals surface area contributed by atoms with Crippen LogP contribution in [0.25, 0.3) is 0 Å². The second-order valence-corrected chi connectivity index (χ2v) is 8.82. The van der Waals surface area contributed by atoms with Gasteiger partial charge in [0.25, 0.3) is 5.91 Å². The first kappa shape index (κ1) is 21.8. The summed E-state index contributed by atoms with van der Waals surface area (Å²) in [7, 11) is 0. The van der Waals surface area contributed by atoms with Crippen LogP contribution in [0.2, 0.25) is 0 Å². The number of carbonyl (C=O) groups is 1. The largest absolute Gasteiger partial charge is 0.474 e. The first-order chi connectivity index (χ1) is 15.1. The third kappa shape index (κ3) is 6.05. The lowest BCUT2D eigenvalue weighted by Crippen LogP contribution is -2.44. The highest BCUT2D eigenvalue weighted by Gasteiger charge is 2.22. The molecule has 1 aromatic heterocycles. The molecule has 2 atom stereocenters. The summed E-state index contributed by atoms with van der Waals surface area (Å²) in [5, 5.41) is 3.01. The van der Waals surface area contributed by atoms with Crippen LogP contribution in [-0.4, -0.2) is 47.2 Å². The van der Waals surface area contributed by atoms with Gasteiger partial charge in [0.05, 0.1) is 12.2 Å². The van der Waals surface area contributed by atoms with Gasteiger partial charge in [0, 0.05) is 43.5 Å². The highest BCUT2D eigenvalue weighted by atomic mass is 16.5. The molecule has 1 saturated carbocycles. The maximum absolute atomic E-state index is 12.7. The molecule has 166 valence electrons. The van der Waals surface area contributed by atoms with Gasteiger partial charge in [-0.3, -0.25) is 9.69 Å². The fourth-order valence-electron chi connectivity index (χ4n) is 4.54. The monoisotopic (exact) mass is 423 g/mol. The van der Waals surface area contributed by atoms with Crippen molar-refractivity contribution in [1.82, 2.24) is 15.2 Å². The van der Waals surface area contributed by atoms with Gasteiger partial charge in [0.15, 0.2) is 0 Å². The molecular weight excluding hydrogens is 390 g/mol. The molecule has 1 amide bonds. The van der Waals surface area contributed by atoms with E-state index in [9.17, 15) is 4.79 Å². The van der Waals surface area contributed by atoms with E-state index in [0.717, 1.165) is 38.0 Å². The predicted molar refractivity (Wildman–Crippen MR) is 120 cm³/mol. The van der Waals surface area contributed by atoms with Gasteiger partial charge in [-0.05, 0) is 63.3 Å². The van der Waals surface area contributed by atoms with Gasteiger partial charge < -0.3 is 14.8 Å². The van der Waals surface area contributed by atoms with E-state index < -0.39 is 0 Å². The van der Waals surface area contributed by atoms with E-state index in [4.69, 9.17) is 9.47 Å². The SMILES string of the molecule is CC1CN(Cc2ccc(C(=O)NCc3cccnc3OC3CCCC3)cc2)CC(C)O1. The molecule has 1 aromatic carbocycles. The number of morpholine rings is 1. The fraction of sp³-hybridized carbons (Fsp3) is 0.520. The van der Waals surface area contributed by atoms with Gasteiger partial charge in [-0.25, -0.2) is 4.98 Å². The number of pyridine rings is 1. The summed E-state index contributed by atoms with van der Waals surface area (Å²) in [6, 6.07) is 11.7. The summed E-state index contributed by atoms with van der Waals surface area (Å²) in [5.74, 6) is 0.551. The quantitative estimate of drug-likeness (QED) is 0.731. The van der Waals surface area contributed by atoms with Gasteiger partial charge in [-0.15, -0.1) is 0 Å². The third-order valence-electron chi connectivity index (χ3n) is 5.99. The first-order valence-electron chi connectivity index (χ1n) is 11.4. The van der Waals surface area contributed by atoms with E-state index >= 15 is 0 Å². The molecule has 1 N–H and O–H groups in total. The van der Waals surface area contributed by atoms with E-state index in [-0.39, 0.29) is 24.2 Å². The molecule has 1 aliphatic carbocycles. The standard InChI is InChI=1S/C25H33N3O3/c1-18-15-28(16-19(2)30-18)17-20-9-11-21(12-10-20)24(29)27-14-22-6-5-13-26-25(22)31-23-7-3-4-8-23/h5-6,9-13,18-19,23H,3-4,7-8,14-17H2,1-2H3,(H,27,29). The number of benzene rings is 1. The van der Waals surface area contributed by atoms with Crippen LogP contribution in [-0.2, 0) is 17.8 Å². The lowest BCUT2D eigenvalue weighted by atomic mass is 10.1. The molecule has 2 fully saturated rings. The van der Waals surface area contributed by atoms with E-state index in [1.54, 1.807) is 6.20 Å². The number of hydrogen-bond donors (Lipinski definition) is 1. The molecule has 0 radical (unpaired) electrons. The van der Waals surface area contributed by atoms with E-state index in [1.807, 2.05) is 36.4 Å². The molecule has 2 aliphatic rings. The minimum Gasteiger partial charge on any atom is -0.474 e. The van der Waals surface area contributed by atoms with Gasteiger partial charge in [-0.2, -0.15) is 0 Å². The zero-order chi connectivity index (χ0) is 21.6. The van der Waals surface area contributed by atoms with Gasteiger partial charge in [0.1, 0.15) is 6.10 Å². The van der Waals surface area contributed by atoms with Crippen LogP contribution in [0.4, 0.5) is 0 Å². The van der Waals surface area contributed by atoms with Gasteiger partial charge in [0.2, 0.25) is 5.88 Å². The second-order valence-electron chi connectivity index (χ2n) is 8.82. The normalized spacial score (nSPS) is 22.4. The van der Waals surface area contributed by atoms with Crippen molar-refractivity contribution in [3.05, 3.63) is 59.3 Å². The van der Waals surface area contributed by atoms with Crippen LogP contribution < -0.4 is 10.1 Å². The number of ether oxygens (including phenoxy) is 2. The molecule has 2 aromatic rings. The Bertz CT molecular complexity index is 855. The zero-order valence-corrected chi connectivity index (χ0v) is 18.5. The van der Waals surface area contributed by atoms with Crippen molar-refractivity contribution in [3.63, 3.8) is 0 Å². The number of rotatable bonds is 7. The van der Waals surface area contributed by atoms with E-state index in [0.29, 0.717) is 18.0 Å². The number of aromatic nitrogens is 1. The van der Waals surface area contributed by atoms with Crippen LogP contribution in [0.5, 0.6) is 5.88 Å². The number of hydrogen-bond acceptors (Lipinski definition) is 5. The molecule has 6 nitrogen and oxygen atoms in total. The second kappa shape index (κ2) is 10.2. The van der Waals surface area contributed by atoms with Crippen molar-refractivity contribution in [2.24, 2.45) is 0 Å². The molecular formula is C25H33N3O3. The Morgan fingerprint density at radius 2 is 1.84 bits per heavy atom. The van der Waals surface area contributed by atoms with Crippen LogP contribution in [0.1, 0.15) is 61.0 Å². The average molecular weight is 424 g/mol. The van der Waals surface area contributed by atoms with Gasteiger partial charge in [-0.1, -0.05) is 18.2 Å². The summed E-state index contributed by atoms with van der Waals surface area (Å²) in [6.45, 7) is 7.37. The Labute approximate surface area is 185 Å². The van der Waals surface area contributed by atoms with Crippen molar-refractivity contribution in [3.8, 4) is 5.88 Å².